The van der Waals surface area contributed by atoms with Crippen LogP contribution in [0.3, 0.4) is 0 Å². The van der Waals surface area contributed by atoms with Crippen LogP contribution in [0, 0.1) is 0 Å². The number of hydrogen-bond donors (Lipinski definition) is 0. The Hall–Kier alpha value is -0.960. The van der Waals surface area contributed by atoms with Crippen molar-refractivity contribution in [2.24, 2.45) is 0 Å². The summed E-state index contributed by atoms with van der Waals surface area (Å²) in [4.78, 5) is 12.3. The van der Waals surface area contributed by atoms with Gasteiger partial charge < -0.3 is 4.74 Å². The van der Waals surface area contributed by atoms with Gasteiger partial charge in [0.1, 0.15) is 5.44 Å². The van der Waals surface area contributed by atoms with Crippen molar-refractivity contribution in [1.82, 2.24) is 0 Å². The topological polar surface area (TPSA) is 26.3 Å². The van der Waals surface area contributed by atoms with Crippen LogP contribution in [0.15, 0.2) is 29.2 Å². The van der Waals surface area contributed by atoms with Gasteiger partial charge in [0, 0.05) is 4.90 Å². The predicted molar refractivity (Wildman–Crippen MR) is 47.2 cm³/mol. The molecule has 1 atom stereocenters. The van der Waals surface area contributed by atoms with Gasteiger partial charge in [0.05, 0.1) is 5.56 Å². The minimum absolute atomic E-state index is 0.0626. The fourth-order valence-corrected chi connectivity index (χ4v) is 2.08. The van der Waals surface area contributed by atoms with Crippen molar-refractivity contribution >= 4 is 17.7 Å². The van der Waals surface area contributed by atoms with Gasteiger partial charge in [-0.25, -0.2) is 4.79 Å². The molecule has 62 valence electrons. The molecule has 2 rings (SSSR count). The summed E-state index contributed by atoms with van der Waals surface area (Å²) in [5.74, 6) is -0.211. The number of fused-ring (bicyclic) bond motifs is 1. The fraction of sp³-hybridized carbons (Fsp3) is 0.222. The van der Waals surface area contributed by atoms with E-state index in [4.69, 9.17) is 4.74 Å². The Morgan fingerprint density at radius 2 is 2.17 bits per heavy atom. The largest absolute Gasteiger partial charge is 0.448 e. The quantitative estimate of drug-likeness (QED) is 0.573. The van der Waals surface area contributed by atoms with E-state index in [0.29, 0.717) is 5.56 Å². The van der Waals surface area contributed by atoms with Gasteiger partial charge >= 0.3 is 5.97 Å². The van der Waals surface area contributed by atoms with Gasteiger partial charge in [0.15, 0.2) is 0 Å². The third kappa shape index (κ3) is 1.20. The molecule has 1 heterocycles. The lowest BCUT2D eigenvalue weighted by molar-refractivity contribution is 0.0465. The van der Waals surface area contributed by atoms with Crippen LogP contribution in [0.5, 0.6) is 0 Å². The number of rotatable bonds is 0. The average Bonchev–Trinajstić information content (AvgIpc) is 2.04. The fourth-order valence-electron chi connectivity index (χ4n) is 1.16. The van der Waals surface area contributed by atoms with Crippen molar-refractivity contribution in [1.29, 1.82) is 0 Å². The van der Waals surface area contributed by atoms with Crippen molar-refractivity contribution in [3.63, 3.8) is 0 Å². The molecule has 0 N–H and O–H groups in total. The Labute approximate surface area is 74.9 Å². The molecule has 0 fully saturated rings. The predicted octanol–water partition coefficient (Wildman–Crippen LogP) is 2.30. The van der Waals surface area contributed by atoms with E-state index >= 15 is 0 Å². The first kappa shape index (κ1) is 7.68. The highest BCUT2D eigenvalue weighted by Gasteiger charge is 2.22. The van der Waals surface area contributed by atoms with E-state index in [1.54, 1.807) is 17.8 Å². The maximum absolute atomic E-state index is 11.3. The van der Waals surface area contributed by atoms with Crippen LogP contribution in [0.4, 0.5) is 0 Å². The number of esters is 1. The van der Waals surface area contributed by atoms with Crippen molar-refractivity contribution in [2.45, 2.75) is 17.3 Å². The minimum atomic E-state index is -0.211. The van der Waals surface area contributed by atoms with E-state index in [2.05, 4.69) is 0 Å². The Morgan fingerprint density at radius 1 is 1.42 bits per heavy atom. The van der Waals surface area contributed by atoms with Crippen LogP contribution < -0.4 is 0 Å². The molecule has 0 spiro atoms. The molecule has 12 heavy (non-hydrogen) atoms. The zero-order valence-corrected chi connectivity index (χ0v) is 7.43. The lowest BCUT2D eigenvalue weighted by Gasteiger charge is -2.20. The van der Waals surface area contributed by atoms with Crippen molar-refractivity contribution in [2.75, 3.05) is 0 Å². The molecule has 0 amide bonds. The minimum Gasteiger partial charge on any atom is -0.448 e. The zero-order valence-electron chi connectivity index (χ0n) is 6.61. The third-order valence-electron chi connectivity index (χ3n) is 1.67. The SMILES string of the molecule is C[C@@H]1OC(=O)c2ccccc2S1. The molecule has 2 nitrogen and oxygen atoms in total. The van der Waals surface area contributed by atoms with Crippen LogP contribution in [0.2, 0.25) is 0 Å². The maximum atomic E-state index is 11.3. The molecule has 1 aliphatic rings. The second kappa shape index (κ2) is 2.83. The van der Waals surface area contributed by atoms with Crippen LogP contribution in [0.1, 0.15) is 17.3 Å². The lowest BCUT2D eigenvalue weighted by atomic mass is 10.2. The average molecular weight is 180 g/mol. The van der Waals surface area contributed by atoms with E-state index in [9.17, 15) is 4.79 Å². The number of thioether (sulfide) groups is 1. The Morgan fingerprint density at radius 3 is 3.00 bits per heavy atom. The molecular formula is C9H8O2S. The van der Waals surface area contributed by atoms with E-state index in [0.717, 1.165) is 4.90 Å². The lowest BCUT2D eigenvalue weighted by Crippen LogP contribution is -2.17. The first-order chi connectivity index (χ1) is 5.77. The summed E-state index contributed by atoms with van der Waals surface area (Å²) in [5, 5.41) is 0. The second-order valence-corrected chi connectivity index (χ2v) is 3.93. The van der Waals surface area contributed by atoms with Gasteiger partial charge in [0.2, 0.25) is 0 Å². The molecule has 0 aliphatic carbocycles. The number of cyclic esters (lactones) is 1. The van der Waals surface area contributed by atoms with Gasteiger partial charge in [-0.1, -0.05) is 23.9 Å². The summed E-state index contributed by atoms with van der Waals surface area (Å²) in [7, 11) is 0. The number of carbonyl (C=O) groups excluding carboxylic acids is 1. The molecule has 3 heteroatoms. The molecule has 0 saturated heterocycles. The summed E-state index contributed by atoms with van der Waals surface area (Å²) in [6, 6.07) is 7.50. The number of carbonyl (C=O) groups is 1. The van der Waals surface area contributed by atoms with Gasteiger partial charge in [-0.3, -0.25) is 0 Å². The Bertz CT molecular complexity index is 322. The summed E-state index contributed by atoms with van der Waals surface area (Å²) >= 11 is 1.57. The number of ether oxygens (including phenoxy) is 1. The van der Waals surface area contributed by atoms with Crippen LogP contribution in [-0.2, 0) is 4.74 Å². The number of hydrogen-bond acceptors (Lipinski definition) is 3. The maximum Gasteiger partial charge on any atom is 0.340 e. The van der Waals surface area contributed by atoms with Crippen LogP contribution in [-0.4, -0.2) is 11.4 Å². The highest BCUT2D eigenvalue weighted by Crippen LogP contribution is 2.32. The van der Waals surface area contributed by atoms with Crippen LogP contribution >= 0.6 is 11.8 Å². The van der Waals surface area contributed by atoms with Gasteiger partial charge in [0.25, 0.3) is 0 Å². The summed E-state index contributed by atoms with van der Waals surface area (Å²) in [6.45, 7) is 1.87. The number of benzene rings is 1. The molecule has 1 aromatic rings. The van der Waals surface area contributed by atoms with Crippen molar-refractivity contribution in [3.05, 3.63) is 29.8 Å². The highest BCUT2D eigenvalue weighted by molar-refractivity contribution is 8.00. The first-order valence-corrected chi connectivity index (χ1v) is 4.62. The zero-order chi connectivity index (χ0) is 8.55. The van der Waals surface area contributed by atoms with Crippen molar-refractivity contribution < 1.29 is 9.53 Å². The smallest absolute Gasteiger partial charge is 0.340 e. The summed E-state index contributed by atoms with van der Waals surface area (Å²) < 4.78 is 5.04. The van der Waals surface area contributed by atoms with E-state index in [1.165, 1.54) is 0 Å². The monoisotopic (exact) mass is 180 g/mol. The second-order valence-electron chi connectivity index (χ2n) is 2.59. The molecule has 0 unspecified atom stereocenters. The highest BCUT2D eigenvalue weighted by atomic mass is 32.2. The van der Waals surface area contributed by atoms with Crippen molar-refractivity contribution in [3.8, 4) is 0 Å². The molecular weight excluding hydrogens is 172 g/mol. The Kier molecular flexibility index (Phi) is 1.81. The molecule has 0 bridgehead atoms. The van der Waals surface area contributed by atoms with Gasteiger partial charge in [-0.05, 0) is 19.1 Å². The molecule has 0 aromatic heterocycles. The molecule has 1 aromatic carbocycles. The molecule has 0 saturated carbocycles. The van der Waals surface area contributed by atoms with E-state index in [1.807, 2.05) is 25.1 Å². The first-order valence-electron chi connectivity index (χ1n) is 3.74. The molecule has 0 radical (unpaired) electrons. The normalized spacial score (nSPS) is 21.4. The van der Waals surface area contributed by atoms with Gasteiger partial charge in [-0.15, -0.1) is 0 Å². The standard InChI is InChI=1S/C9H8O2S/c1-6-11-9(10)7-4-2-3-5-8(7)12-6/h2-6H,1H3/t6-/m1/s1. The third-order valence-corrected chi connectivity index (χ3v) is 2.71. The van der Waals surface area contributed by atoms with Gasteiger partial charge in [-0.2, -0.15) is 0 Å². The van der Waals surface area contributed by atoms with E-state index in [-0.39, 0.29) is 11.4 Å². The summed E-state index contributed by atoms with van der Waals surface area (Å²) in [6.07, 6.45) is 0. The Balaban J connectivity index is 2.47. The van der Waals surface area contributed by atoms with Crippen LogP contribution in [0.25, 0.3) is 0 Å². The van der Waals surface area contributed by atoms with E-state index < -0.39 is 0 Å². The summed E-state index contributed by atoms with van der Waals surface area (Å²) in [5.41, 5.74) is 0.619. The molecule has 1 aliphatic heterocycles.